The van der Waals surface area contributed by atoms with E-state index >= 15 is 0 Å². The molecule has 3 fully saturated rings. The fourth-order valence-electron chi connectivity index (χ4n) is 3.15. The Balaban J connectivity index is 2.04. The Kier molecular flexibility index (Phi) is 0.727. The quantitative estimate of drug-likeness (QED) is 0.534. The molecule has 2 aliphatic carbocycles. The Morgan fingerprint density at radius 3 is 2.55 bits per heavy atom. The second-order valence-electron chi connectivity index (χ2n) is 4.09. The molecule has 1 heterocycles. The molecule has 0 amide bonds. The number of piperidine rings is 1. The molecule has 0 radical (unpaired) electrons. The first-order chi connectivity index (χ1) is 5.21. The fraction of sp³-hybridized carbons (Fsp3) is 0.875. The van der Waals surface area contributed by atoms with Crippen LogP contribution in [0.15, 0.2) is 0 Å². The zero-order chi connectivity index (χ0) is 7.69. The molecule has 2 N–H and O–H groups in total. The zero-order valence-corrected chi connectivity index (χ0v) is 6.26. The summed E-state index contributed by atoms with van der Waals surface area (Å²) in [6, 6.07) is 0.548. The van der Waals surface area contributed by atoms with Gasteiger partial charge in [-0.3, -0.25) is 4.79 Å². The van der Waals surface area contributed by atoms with Crippen LogP contribution in [0.3, 0.4) is 0 Å². The smallest absolute Gasteiger partial charge is 0.311 e. The number of hydrogen-bond acceptors (Lipinski definition) is 2. The molecule has 0 aromatic heterocycles. The molecule has 1 spiro atoms. The molecule has 1 aliphatic heterocycles. The first kappa shape index (κ1) is 6.00. The molecule has 3 unspecified atom stereocenters. The van der Waals surface area contributed by atoms with Crippen molar-refractivity contribution in [1.82, 2.24) is 5.32 Å². The lowest BCUT2D eigenvalue weighted by Crippen LogP contribution is -2.53. The Morgan fingerprint density at radius 1 is 1.45 bits per heavy atom. The molecular formula is C8H11NO2. The maximum absolute atomic E-state index is 11.0. The van der Waals surface area contributed by atoms with Crippen LogP contribution in [0.2, 0.25) is 0 Å². The van der Waals surface area contributed by atoms with Crippen LogP contribution >= 0.6 is 0 Å². The highest BCUT2D eigenvalue weighted by molar-refractivity contribution is 5.81. The topological polar surface area (TPSA) is 59.2 Å². The molecule has 0 aromatic carbocycles. The van der Waals surface area contributed by atoms with Crippen LogP contribution in [0, 0.1) is 5.41 Å². The summed E-state index contributed by atoms with van der Waals surface area (Å²) in [6.07, 6.45) is 3.96. The minimum Gasteiger partial charge on any atom is -0.481 e. The van der Waals surface area contributed by atoms with E-state index < -0.39 is 5.97 Å². The van der Waals surface area contributed by atoms with Crippen molar-refractivity contribution >= 4 is 5.97 Å². The molecule has 3 rings (SSSR count). The molecule has 2 saturated carbocycles. The lowest BCUT2D eigenvalue weighted by atomic mass is 9.60. The van der Waals surface area contributed by atoms with Gasteiger partial charge in [0.05, 0.1) is 11.0 Å². The molecule has 11 heavy (non-hydrogen) atoms. The molecule has 0 aromatic rings. The van der Waals surface area contributed by atoms with Crippen molar-refractivity contribution in [3.8, 4) is 0 Å². The van der Waals surface area contributed by atoms with Gasteiger partial charge in [-0.05, 0) is 25.7 Å². The van der Waals surface area contributed by atoms with Crippen molar-refractivity contribution in [2.24, 2.45) is 5.41 Å². The summed E-state index contributed by atoms with van der Waals surface area (Å²) in [7, 11) is 0. The number of carboxylic acids is 1. The van der Waals surface area contributed by atoms with Crippen LogP contribution in [0.5, 0.6) is 0 Å². The van der Waals surface area contributed by atoms with Crippen molar-refractivity contribution in [3.05, 3.63) is 0 Å². The highest BCUT2D eigenvalue weighted by atomic mass is 16.4. The van der Waals surface area contributed by atoms with Gasteiger partial charge in [0.25, 0.3) is 0 Å². The van der Waals surface area contributed by atoms with E-state index in [-0.39, 0.29) is 11.0 Å². The Labute approximate surface area is 64.8 Å². The zero-order valence-electron chi connectivity index (χ0n) is 6.26. The third kappa shape index (κ3) is 0.392. The predicted octanol–water partition coefficient (Wildman–Crippen LogP) is 0.356. The summed E-state index contributed by atoms with van der Waals surface area (Å²) in [6.45, 7) is 0. The third-order valence-corrected chi connectivity index (χ3v) is 4.01. The van der Waals surface area contributed by atoms with Crippen molar-refractivity contribution < 1.29 is 9.90 Å². The fourth-order valence-corrected chi connectivity index (χ4v) is 3.15. The Morgan fingerprint density at radius 2 is 2.27 bits per heavy atom. The van der Waals surface area contributed by atoms with Gasteiger partial charge in [-0.2, -0.15) is 0 Å². The summed E-state index contributed by atoms with van der Waals surface area (Å²) >= 11 is 0. The van der Waals surface area contributed by atoms with Crippen LogP contribution in [0.1, 0.15) is 25.7 Å². The highest BCUT2D eigenvalue weighted by Crippen LogP contribution is 2.67. The molecule has 60 valence electrons. The van der Waals surface area contributed by atoms with E-state index in [1.165, 1.54) is 0 Å². The maximum atomic E-state index is 11.0. The van der Waals surface area contributed by atoms with Gasteiger partial charge in [0, 0.05) is 6.04 Å². The molecule has 1 saturated heterocycles. The van der Waals surface area contributed by atoms with E-state index in [2.05, 4.69) is 5.32 Å². The van der Waals surface area contributed by atoms with E-state index in [4.69, 9.17) is 5.11 Å². The minimum absolute atomic E-state index is 0.0683. The average molecular weight is 153 g/mol. The van der Waals surface area contributed by atoms with Crippen molar-refractivity contribution in [1.29, 1.82) is 0 Å². The molecule has 3 heteroatoms. The van der Waals surface area contributed by atoms with Crippen LogP contribution in [0.4, 0.5) is 0 Å². The van der Waals surface area contributed by atoms with Gasteiger partial charge in [-0.25, -0.2) is 0 Å². The number of nitrogens with one attached hydrogen (secondary N) is 1. The van der Waals surface area contributed by atoms with Gasteiger partial charge in [-0.15, -0.1) is 0 Å². The number of hydrogen-bond donors (Lipinski definition) is 2. The normalized spacial score (nSPS) is 57.6. The second-order valence-corrected chi connectivity index (χ2v) is 4.09. The summed E-state index contributed by atoms with van der Waals surface area (Å²) in [5.74, 6) is -0.573. The first-order valence-corrected chi connectivity index (χ1v) is 4.22. The summed E-state index contributed by atoms with van der Waals surface area (Å²) in [5, 5.41) is 12.4. The Hall–Kier alpha value is -0.570. The standard InChI is InChI=1S/C8H11NO2/c10-6(11)7-2-1-5-8(7,9-5)4-3-7/h5,9H,1-4H2,(H,10,11). The lowest BCUT2D eigenvalue weighted by Gasteiger charge is -2.43. The number of carboxylic acid groups (broad SMARTS) is 1. The van der Waals surface area contributed by atoms with E-state index in [9.17, 15) is 4.79 Å². The van der Waals surface area contributed by atoms with Crippen LogP contribution in [-0.4, -0.2) is 22.7 Å². The van der Waals surface area contributed by atoms with E-state index in [0.717, 1.165) is 25.7 Å². The summed E-state index contributed by atoms with van der Waals surface area (Å²) in [5.41, 5.74) is -0.281. The van der Waals surface area contributed by atoms with Crippen LogP contribution < -0.4 is 5.32 Å². The van der Waals surface area contributed by atoms with Crippen molar-refractivity contribution in [2.45, 2.75) is 37.3 Å². The minimum atomic E-state index is -0.573. The number of rotatable bonds is 1. The van der Waals surface area contributed by atoms with Crippen molar-refractivity contribution in [2.75, 3.05) is 0 Å². The Bertz CT molecular complexity index is 246. The predicted molar refractivity (Wildman–Crippen MR) is 38.2 cm³/mol. The maximum Gasteiger partial charge on any atom is 0.311 e. The van der Waals surface area contributed by atoms with Gasteiger partial charge >= 0.3 is 5.97 Å². The summed E-state index contributed by atoms with van der Waals surface area (Å²) in [4.78, 5) is 11.0. The molecule has 3 aliphatic rings. The SMILES string of the molecule is O=C(O)C12CCC3NC31CC2. The van der Waals surface area contributed by atoms with Crippen LogP contribution in [-0.2, 0) is 4.79 Å². The largest absolute Gasteiger partial charge is 0.481 e. The van der Waals surface area contributed by atoms with Gasteiger partial charge < -0.3 is 10.4 Å². The third-order valence-electron chi connectivity index (χ3n) is 4.01. The number of aliphatic carboxylic acids is 1. The second kappa shape index (κ2) is 1.33. The van der Waals surface area contributed by atoms with Crippen LogP contribution in [0.25, 0.3) is 0 Å². The first-order valence-electron chi connectivity index (χ1n) is 4.22. The molecular weight excluding hydrogens is 142 g/mol. The summed E-state index contributed by atoms with van der Waals surface area (Å²) < 4.78 is 0. The van der Waals surface area contributed by atoms with Gasteiger partial charge in [-0.1, -0.05) is 0 Å². The number of carbonyl (C=O) groups is 1. The van der Waals surface area contributed by atoms with E-state index in [1.54, 1.807) is 0 Å². The average Bonchev–Trinajstić information content (AvgIpc) is 2.58. The molecule has 3 atom stereocenters. The lowest BCUT2D eigenvalue weighted by molar-refractivity contribution is -0.157. The van der Waals surface area contributed by atoms with Gasteiger partial charge in [0.2, 0.25) is 0 Å². The van der Waals surface area contributed by atoms with Crippen molar-refractivity contribution in [3.63, 3.8) is 0 Å². The van der Waals surface area contributed by atoms with E-state index in [0.29, 0.717) is 6.04 Å². The monoisotopic (exact) mass is 153 g/mol. The highest BCUT2D eigenvalue weighted by Gasteiger charge is 2.78. The molecule has 3 nitrogen and oxygen atoms in total. The van der Waals surface area contributed by atoms with E-state index in [1.807, 2.05) is 0 Å². The van der Waals surface area contributed by atoms with Gasteiger partial charge in [0.1, 0.15) is 0 Å². The molecule has 0 bridgehead atoms. The van der Waals surface area contributed by atoms with Gasteiger partial charge in [0.15, 0.2) is 0 Å².